The number of anilines is 1. The molecule has 1 aromatic carbocycles. The van der Waals surface area contributed by atoms with Crippen LogP contribution in [0.3, 0.4) is 0 Å². The Morgan fingerprint density at radius 2 is 1.88 bits per heavy atom. The van der Waals surface area contributed by atoms with Gasteiger partial charge in [0, 0.05) is 54.9 Å². The predicted molar refractivity (Wildman–Crippen MR) is 115 cm³/mol. The van der Waals surface area contributed by atoms with Gasteiger partial charge in [-0.2, -0.15) is 11.8 Å². The summed E-state index contributed by atoms with van der Waals surface area (Å²) in [7, 11) is 1.80. The third-order valence-corrected chi connectivity index (χ3v) is 6.44. The quantitative estimate of drug-likeness (QED) is 0.587. The summed E-state index contributed by atoms with van der Waals surface area (Å²) in [5.41, 5.74) is 2.58. The number of thioether (sulfide) groups is 1. The van der Waals surface area contributed by atoms with Crippen LogP contribution in [0.15, 0.2) is 35.5 Å². The summed E-state index contributed by atoms with van der Waals surface area (Å²) in [5.74, 6) is 3.25. The molecule has 3 rings (SSSR count). The van der Waals surface area contributed by atoms with Gasteiger partial charge in [-0.3, -0.25) is 4.99 Å². The van der Waals surface area contributed by atoms with Crippen LogP contribution >= 0.6 is 23.1 Å². The van der Waals surface area contributed by atoms with Crippen LogP contribution in [0.25, 0.3) is 0 Å². The van der Waals surface area contributed by atoms with Crippen molar-refractivity contribution >= 4 is 34.7 Å². The molecule has 1 aliphatic rings. The second-order valence-electron chi connectivity index (χ2n) is 6.12. The van der Waals surface area contributed by atoms with E-state index in [0.717, 1.165) is 37.0 Å². The Bertz CT molecular complexity index is 705. The van der Waals surface area contributed by atoms with Gasteiger partial charge in [0.25, 0.3) is 0 Å². The normalized spacial score (nSPS) is 15.2. The standard InChI is InChI=1S/C19H27N5S2/c1-3-17-13-21-18(26-17)14-23-19(20-2)22-12-15-4-6-16(7-5-15)24-8-10-25-11-9-24/h4-7,13H,3,8-12,14H2,1-2H3,(H2,20,22,23). The number of nitrogens with one attached hydrogen (secondary N) is 2. The smallest absolute Gasteiger partial charge is 0.191 e. The van der Waals surface area contributed by atoms with E-state index in [4.69, 9.17) is 0 Å². The van der Waals surface area contributed by atoms with Crippen LogP contribution in [0, 0.1) is 0 Å². The van der Waals surface area contributed by atoms with Crippen molar-refractivity contribution in [1.82, 2.24) is 15.6 Å². The van der Waals surface area contributed by atoms with Crippen molar-refractivity contribution in [3.05, 3.63) is 45.9 Å². The van der Waals surface area contributed by atoms with Gasteiger partial charge in [0.1, 0.15) is 5.01 Å². The zero-order valence-electron chi connectivity index (χ0n) is 15.5. The number of hydrogen-bond donors (Lipinski definition) is 2. The third-order valence-electron chi connectivity index (χ3n) is 4.35. The number of aryl methyl sites for hydroxylation is 1. The third kappa shape index (κ3) is 5.38. The first-order valence-electron chi connectivity index (χ1n) is 9.08. The van der Waals surface area contributed by atoms with Crippen LogP contribution in [0.1, 0.15) is 22.4 Å². The molecule has 5 nitrogen and oxygen atoms in total. The summed E-state index contributed by atoms with van der Waals surface area (Å²) < 4.78 is 0. The summed E-state index contributed by atoms with van der Waals surface area (Å²) in [6, 6.07) is 8.85. The van der Waals surface area contributed by atoms with Crippen LogP contribution in [-0.2, 0) is 19.5 Å². The molecule has 1 saturated heterocycles. The fourth-order valence-corrected chi connectivity index (χ4v) is 4.51. The Kier molecular flexibility index (Phi) is 7.20. The van der Waals surface area contributed by atoms with E-state index in [1.807, 2.05) is 18.0 Å². The predicted octanol–water partition coefficient (Wildman–Crippen LogP) is 3.12. The number of hydrogen-bond acceptors (Lipinski definition) is 5. The van der Waals surface area contributed by atoms with Crippen molar-refractivity contribution in [2.24, 2.45) is 4.99 Å². The number of aromatic nitrogens is 1. The number of rotatable bonds is 6. The molecule has 2 aromatic rings. The summed E-state index contributed by atoms with van der Waals surface area (Å²) in [5, 5.41) is 7.80. The molecular weight excluding hydrogens is 362 g/mol. The monoisotopic (exact) mass is 389 g/mol. The first kappa shape index (κ1) is 19.0. The van der Waals surface area contributed by atoms with E-state index in [-0.39, 0.29) is 0 Å². The highest BCUT2D eigenvalue weighted by Crippen LogP contribution is 2.19. The number of benzene rings is 1. The average Bonchev–Trinajstić information content (AvgIpc) is 3.17. The fourth-order valence-electron chi connectivity index (χ4n) is 2.81. The molecule has 140 valence electrons. The first-order chi connectivity index (χ1) is 12.8. The molecule has 7 heteroatoms. The zero-order valence-corrected chi connectivity index (χ0v) is 17.1. The minimum Gasteiger partial charge on any atom is -0.370 e. The lowest BCUT2D eigenvalue weighted by Crippen LogP contribution is -2.36. The van der Waals surface area contributed by atoms with Crippen molar-refractivity contribution in [3.8, 4) is 0 Å². The lowest BCUT2D eigenvalue weighted by Gasteiger charge is -2.28. The number of aliphatic imine (C=N–C) groups is 1. The van der Waals surface area contributed by atoms with E-state index < -0.39 is 0 Å². The number of thiazole rings is 1. The van der Waals surface area contributed by atoms with Gasteiger partial charge >= 0.3 is 0 Å². The van der Waals surface area contributed by atoms with Gasteiger partial charge in [-0.05, 0) is 24.1 Å². The maximum atomic E-state index is 4.43. The van der Waals surface area contributed by atoms with Crippen molar-refractivity contribution in [2.45, 2.75) is 26.4 Å². The van der Waals surface area contributed by atoms with Gasteiger partial charge in [-0.1, -0.05) is 19.1 Å². The number of nitrogens with zero attached hydrogens (tertiary/aromatic N) is 3. The van der Waals surface area contributed by atoms with Crippen LogP contribution < -0.4 is 15.5 Å². The van der Waals surface area contributed by atoms with E-state index >= 15 is 0 Å². The molecule has 0 radical (unpaired) electrons. The lowest BCUT2D eigenvalue weighted by atomic mass is 10.2. The summed E-state index contributed by atoms with van der Waals surface area (Å²) in [6.45, 7) is 5.91. The topological polar surface area (TPSA) is 52.6 Å². The molecule has 0 spiro atoms. The second kappa shape index (κ2) is 9.83. The van der Waals surface area contributed by atoms with E-state index in [2.05, 4.69) is 56.7 Å². The van der Waals surface area contributed by atoms with Crippen molar-refractivity contribution in [3.63, 3.8) is 0 Å². The molecule has 0 saturated carbocycles. The molecule has 1 aliphatic heterocycles. The van der Waals surface area contributed by atoms with E-state index in [1.165, 1.54) is 27.6 Å². The van der Waals surface area contributed by atoms with Gasteiger partial charge in [0.05, 0.1) is 6.54 Å². The maximum absolute atomic E-state index is 4.43. The van der Waals surface area contributed by atoms with E-state index in [1.54, 1.807) is 18.4 Å². The Labute approximate surface area is 164 Å². The highest BCUT2D eigenvalue weighted by Gasteiger charge is 2.10. The molecule has 0 unspecified atom stereocenters. The summed E-state index contributed by atoms with van der Waals surface area (Å²) in [6.07, 6.45) is 3.00. The Hall–Kier alpha value is -1.73. The molecule has 0 atom stereocenters. The lowest BCUT2D eigenvalue weighted by molar-refractivity contribution is 0.804. The SMILES string of the molecule is CCc1cnc(CNC(=NC)NCc2ccc(N3CCSCC3)cc2)s1. The minimum atomic E-state index is 0.705. The average molecular weight is 390 g/mol. The van der Waals surface area contributed by atoms with Crippen LogP contribution in [0.5, 0.6) is 0 Å². The molecule has 26 heavy (non-hydrogen) atoms. The molecule has 0 bridgehead atoms. The molecule has 2 heterocycles. The molecule has 2 N–H and O–H groups in total. The van der Waals surface area contributed by atoms with Gasteiger partial charge < -0.3 is 15.5 Å². The van der Waals surface area contributed by atoms with Crippen LogP contribution in [0.4, 0.5) is 5.69 Å². The van der Waals surface area contributed by atoms with E-state index in [0.29, 0.717) is 6.54 Å². The molecule has 1 fully saturated rings. The van der Waals surface area contributed by atoms with Gasteiger partial charge in [-0.25, -0.2) is 4.98 Å². The van der Waals surface area contributed by atoms with Crippen LogP contribution in [-0.4, -0.2) is 42.6 Å². The van der Waals surface area contributed by atoms with Gasteiger partial charge in [0.2, 0.25) is 0 Å². The van der Waals surface area contributed by atoms with Gasteiger partial charge in [0.15, 0.2) is 5.96 Å². The maximum Gasteiger partial charge on any atom is 0.191 e. The number of guanidine groups is 1. The molecule has 0 amide bonds. The highest BCUT2D eigenvalue weighted by atomic mass is 32.2. The summed E-state index contributed by atoms with van der Waals surface area (Å²) in [4.78, 5) is 12.5. The second-order valence-corrected chi connectivity index (χ2v) is 8.54. The molecular formula is C19H27N5S2. The summed E-state index contributed by atoms with van der Waals surface area (Å²) >= 11 is 3.79. The first-order valence-corrected chi connectivity index (χ1v) is 11.1. The minimum absolute atomic E-state index is 0.705. The Morgan fingerprint density at radius 3 is 2.54 bits per heavy atom. The van der Waals surface area contributed by atoms with Crippen molar-refractivity contribution in [1.29, 1.82) is 0 Å². The largest absolute Gasteiger partial charge is 0.370 e. The Balaban J connectivity index is 1.47. The zero-order chi connectivity index (χ0) is 18.2. The highest BCUT2D eigenvalue weighted by molar-refractivity contribution is 7.99. The molecule has 1 aromatic heterocycles. The Morgan fingerprint density at radius 1 is 1.15 bits per heavy atom. The molecule has 0 aliphatic carbocycles. The van der Waals surface area contributed by atoms with Crippen LogP contribution in [0.2, 0.25) is 0 Å². The fraction of sp³-hybridized carbons (Fsp3) is 0.474. The van der Waals surface area contributed by atoms with Crippen molar-refractivity contribution in [2.75, 3.05) is 36.5 Å². The van der Waals surface area contributed by atoms with Crippen molar-refractivity contribution < 1.29 is 0 Å². The van der Waals surface area contributed by atoms with E-state index in [9.17, 15) is 0 Å². The van der Waals surface area contributed by atoms with Gasteiger partial charge in [-0.15, -0.1) is 11.3 Å².